The Morgan fingerprint density at radius 2 is 1.92 bits per heavy atom. The van der Waals surface area contributed by atoms with E-state index in [4.69, 9.17) is 4.74 Å². The van der Waals surface area contributed by atoms with Gasteiger partial charge in [0.25, 0.3) is 5.91 Å². The van der Waals surface area contributed by atoms with Crippen LogP contribution in [0.25, 0.3) is 0 Å². The molecule has 1 amide bonds. The monoisotopic (exact) mass is 352 g/mol. The van der Waals surface area contributed by atoms with Gasteiger partial charge in [0.2, 0.25) is 0 Å². The SMILES string of the molecule is CC(CNC(=O)c1ccc(OCc2cscn2)cc1)c1ccccc1. The molecule has 1 unspecified atom stereocenters. The van der Waals surface area contributed by atoms with Crippen LogP contribution in [0.3, 0.4) is 0 Å². The molecule has 1 heterocycles. The van der Waals surface area contributed by atoms with E-state index in [1.807, 2.05) is 35.7 Å². The molecule has 5 heteroatoms. The number of carbonyl (C=O) groups is 1. The predicted molar refractivity (Wildman–Crippen MR) is 100 cm³/mol. The Kier molecular flexibility index (Phi) is 5.80. The highest BCUT2D eigenvalue weighted by molar-refractivity contribution is 7.07. The molecular formula is C20H20N2O2S. The standard InChI is InChI=1S/C20H20N2O2S/c1-15(16-5-3-2-4-6-16)11-21-20(23)17-7-9-19(10-8-17)24-12-18-13-25-14-22-18/h2-10,13-15H,11-12H2,1H3,(H,21,23). The Labute approximate surface area is 151 Å². The van der Waals surface area contributed by atoms with Crippen molar-refractivity contribution in [2.75, 3.05) is 6.54 Å². The lowest BCUT2D eigenvalue weighted by Gasteiger charge is -2.13. The molecule has 2 aromatic carbocycles. The van der Waals surface area contributed by atoms with Gasteiger partial charge in [-0.1, -0.05) is 37.3 Å². The van der Waals surface area contributed by atoms with E-state index in [1.54, 1.807) is 29.0 Å². The Hall–Kier alpha value is -2.66. The summed E-state index contributed by atoms with van der Waals surface area (Å²) in [6.07, 6.45) is 0. The van der Waals surface area contributed by atoms with Gasteiger partial charge in [-0.3, -0.25) is 4.79 Å². The fourth-order valence-corrected chi connectivity index (χ4v) is 2.96. The molecule has 1 atom stereocenters. The van der Waals surface area contributed by atoms with Crippen LogP contribution in [0.15, 0.2) is 65.5 Å². The first-order valence-electron chi connectivity index (χ1n) is 8.15. The predicted octanol–water partition coefficient (Wildman–Crippen LogP) is 4.26. The Morgan fingerprint density at radius 1 is 1.16 bits per heavy atom. The van der Waals surface area contributed by atoms with E-state index in [9.17, 15) is 4.79 Å². The first-order valence-corrected chi connectivity index (χ1v) is 9.10. The minimum Gasteiger partial charge on any atom is -0.487 e. The molecule has 0 bridgehead atoms. The van der Waals surface area contributed by atoms with Crippen molar-refractivity contribution < 1.29 is 9.53 Å². The van der Waals surface area contributed by atoms with E-state index in [0.717, 1.165) is 11.4 Å². The van der Waals surface area contributed by atoms with Crippen molar-refractivity contribution in [1.29, 1.82) is 0 Å². The molecular weight excluding hydrogens is 332 g/mol. The van der Waals surface area contributed by atoms with Gasteiger partial charge in [-0.05, 0) is 35.7 Å². The van der Waals surface area contributed by atoms with Gasteiger partial charge in [-0.15, -0.1) is 11.3 Å². The number of aromatic nitrogens is 1. The molecule has 3 aromatic rings. The van der Waals surface area contributed by atoms with Crippen LogP contribution in [0.5, 0.6) is 5.75 Å². The second-order valence-corrected chi connectivity index (χ2v) is 6.53. The Balaban J connectivity index is 1.50. The maximum Gasteiger partial charge on any atom is 0.251 e. The molecule has 0 fully saturated rings. The molecule has 0 radical (unpaired) electrons. The van der Waals surface area contributed by atoms with E-state index in [2.05, 4.69) is 29.4 Å². The number of ether oxygens (including phenoxy) is 1. The van der Waals surface area contributed by atoms with Crippen molar-refractivity contribution in [3.8, 4) is 5.75 Å². The van der Waals surface area contributed by atoms with Crippen molar-refractivity contribution in [2.45, 2.75) is 19.4 Å². The van der Waals surface area contributed by atoms with Gasteiger partial charge in [0.05, 0.1) is 11.2 Å². The largest absolute Gasteiger partial charge is 0.487 e. The zero-order valence-electron chi connectivity index (χ0n) is 14.0. The molecule has 25 heavy (non-hydrogen) atoms. The minimum absolute atomic E-state index is 0.0752. The van der Waals surface area contributed by atoms with E-state index in [0.29, 0.717) is 18.7 Å². The van der Waals surface area contributed by atoms with Crippen LogP contribution in [-0.4, -0.2) is 17.4 Å². The number of thiazole rings is 1. The summed E-state index contributed by atoms with van der Waals surface area (Å²) in [5.74, 6) is 0.918. The van der Waals surface area contributed by atoms with Crippen LogP contribution in [0.1, 0.15) is 34.5 Å². The van der Waals surface area contributed by atoms with Crippen molar-refractivity contribution in [1.82, 2.24) is 10.3 Å². The summed E-state index contributed by atoms with van der Waals surface area (Å²) in [4.78, 5) is 16.4. The third kappa shape index (κ3) is 4.90. The van der Waals surface area contributed by atoms with Crippen molar-refractivity contribution in [2.24, 2.45) is 0 Å². The number of nitrogens with one attached hydrogen (secondary N) is 1. The van der Waals surface area contributed by atoms with Gasteiger partial charge in [-0.2, -0.15) is 0 Å². The lowest BCUT2D eigenvalue weighted by Crippen LogP contribution is -2.27. The van der Waals surface area contributed by atoms with Gasteiger partial charge >= 0.3 is 0 Å². The average molecular weight is 352 g/mol. The summed E-state index contributed by atoms with van der Waals surface area (Å²) in [6.45, 7) is 3.14. The fourth-order valence-electron chi connectivity index (χ4n) is 2.42. The van der Waals surface area contributed by atoms with E-state index in [-0.39, 0.29) is 11.8 Å². The maximum absolute atomic E-state index is 12.3. The maximum atomic E-state index is 12.3. The average Bonchev–Trinajstić information content (AvgIpc) is 3.19. The third-order valence-electron chi connectivity index (χ3n) is 3.92. The molecule has 0 aliphatic heterocycles. The normalized spacial score (nSPS) is 11.7. The highest BCUT2D eigenvalue weighted by atomic mass is 32.1. The first kappa shape index (κ1) is 17.2. The van der Waals surface area contributed by atoms with Crippen molar-refractivity contribution in [3.63, 3.8) is 0 Å². The van der Waals surface area contributed by atoms with Gasteiger partial charge in [0.15, 0.2) is 0 Å². The van der Waals surface area contributed by atoms with Crippen LogP contribution in [0.2, 0.25) is 0 Å². The molecule has 128 valence electrons. The van der Waals surface area contributed by atoms with Crippen LogP contribution < -0.4 is 10.1 Å². The summed E-state index contributed by atoms with van der Waals surface area (Å²) in [7, 11) is 0. The Bertz CT molecular complexity index is 786. The summed E-state index contributed by atoms with van der Waals surface area (Å²) >= 11 is 1.54. The summed E-state index contributed by atoms with van der Waals surface area (Å²) in [6, 6.07) is 17.3. The second kappa shape index (κ2) is 8.44. The van der Waals surface area contributed by atoms with Crippen molar-refractivity contribution in [3.05, 3.63) is 82.3 Å². The lowest BCUT2D eigenvalue weighted by atomic mass is 10.0. The van der Waals surface area contributed by atoms with Crippen LogP contribution >= 0.6 is 11.3 Å². The highest BCUT2D eigenvalue weighted by Crippen LogP contribution is 2.16. The zero-order valence-corrected chi connectivity index (χ0v) is 14.8. The molecule has 0 aliphatic rings. The number of hydrogen-bond donors (Lipinski definition) is 1. The van der Waals surface area contributed by atoms with Gasteiger partial charge in [0.1, 0.15) is 12.4 Å². The summed E-state index contributed by atoms with van der Waals surface area (Å²) in [5, 5.41) is 4.94. The molecule has 3 rings (SSSR count). The zero-order chi connectivity index (χ0) is 17.5. The first-order chi connectivity index (χ1) is 12.2. The number of carbonyl (C=O) groups excluding carboxylic acids is 1. The second-order valence-electron chi connectivity index (χ2n) is 5.81. The highest BCUT2D eigenvalue weighted by Gasteiger charge is 2.09. The topological polar surface area (TPSA) is 51.2 Å². The number of amides is 1. The van der Waals surface area contributed by atoms with Gasteiger partial charge in [0, 0.05) is 17.5 Å². The molecule has 0 spiro atoms. The number of rotatable bonds is 7. The smallest absolute Gasteiger partial charge is 0.251 e. The molecule has 1 N–H and O–H groups in total. The molecule has 0 saturated carbocycles. The van der Waals surface area contributed by atoms with Crippen LogP contribution in [-0.2, 0) is 6.61 Å². The third-order valence-corrected chi connectivity index (χ3v) is 4.56. The fraction of sp³-hybridized carbons (Fsp3) is 0.200. The van der Waals surface area contributed by atoms with Gasteiger partial charge in [-0.25, -0.2) is 4.98 Å². The molecule has 0 saturated heterocycles. The minimum atomic E-state index is -0.0752. The number of hydrogen-bond acceptors (Lipinski definition) is 4. The summed E-state index contributed by atoms with van der Waals surface area (Å²) in [5.41, 5.74) is 4.53. The van der Waals surface area contributed by atoms with Crippen LogP contribution in [0, 0.1) is 0 Å². The molecule has 1 aromatic heterocycles. The quantitative estimate of drug-likeness (QED) is 0.691. The van der Waals surface area contributed by atoms with Crippen molar-refractivity contribution >= 4 is 17.2 Å². The van der Waals surface area contributed by atoms with E-state index in [1.165, 1.54) is 5.56 Å². The Morgan fingerprint density at radius 3 is 2.60 bits per heavy atom. The van der Waals surface area contributed by atoms with E-state index >= 15 is 0 Å². The molecule has 4 nitrogen and oxygen atoms in total. The van der Waals surface area contributed by atoms with Crippen LogP contribution in [0.4, 0.5) is 0 Å². The summed E-state index contributed by atoms with van der Waals surface area (Å²) < 4.78 is 5.65. The molecule has 0 aliphatic carbocycles. The van der Waals surface area contributed by atoms with Gasteiger partial charge < -0.3 is 10.1 Å². The van der Waals surface area contributed by atoms with E-state index < -0.39 is 0 Å². The lowest BCUT2D eigenvalue weighted by molar-refractivity contribution is 0.0951. The number of benzene rings is 2. The number of nitrogens with zero attached hydrogens (tertiary/aromatic N) is 1.